The van der Waals surface area contributed by atoms with E-state index in [1.54, 1.807) is 11.8 Å². The molecule has 0 aromatic heterocycles. The lowest BCUT2D eigenvalue weighted by molar-refractivity contribution is -0.144. The smallest absolute Gasteiger partial charge is 0.334 e. The van der Waals surface area contributed by atoms with Crippen LogP contribution in [0, 0.1) is 6.92 Å². The van der Waals surface area contributed by atoms with Crippen molar-refractivity contribution in [2.75, 3.05) is 18.8 Å². The van der Waals surface area contributed by atoms with Gasteiger partial charge in [-0.05, 0) is 31.9 Å². The largest absolute Gasteiger partial charge is 0.354 e. The number of nitrogens with one attached hydrogen (secondary N) is 1. The first-order chi connectivity index (χ1) is 13.0. The second-order valence-electron chi connectivity index (χ2n) is 6.80. The molecule has 1 saturated carbocycles. The van der Waals surface area contributed by atoms with Gasteiger partial charge in [-0.25, -0.2) is 9.69 Å². The highest BCUT2D eigenvalue weighted by Gasteiger charge is 2.48. The van der Waals surface area contributed by atoms with Gasteiger partial charge in [0.15, 0.2) is 0 Å². The van der Waals surface area contributed by atoms with Crippen molar-refractivity contribution in [2.24, 2.45) is 0 Å². The Hall–Kier alpha value is -2.35. The molecule has 2 fully saturated rings. The third-order valence-corrected chi connectivity index (χ3v) is 5.80. The minimum Gasteiger partial charge on any atom is -0.354 e. The fourth-order valence-electron chi connectivity index (χ4n) is 3.34. The summed E-state index contributed by atoms with van der Waals surface area (Å²) in [4.78, 5) is 51.6. The normalized spacial score (nSPS) is 17.9. The standard InChI is InChI=1S/C19H23N3O4S/c1-13-6-8-15(9-7-13)27-11-10-20-16(23)12-21-17(24)18(25)22(19(21)26)14-4-2-3-5-14/h6-9,14H,2-5,10-12H2,1H3,(H,20,23). The van der Waals surface area contributed by atoms with Gasteiger partial charge in [-0.2, -0.15) is 0 Å². The Kier molecular flexibility index (Phi) is 6.15. The first-order valence-electron chi connectivity index (χ1n) is 9.12. The summed E-state index contributed by atoms with van der Waals surface area (Å²) >= 11 is 1.61. The van der Waals surface area contributed by atoms with Gasteiger partial charge in [0.05, 0.1) is 0 Å². The maximum absolute atomic E-state index is 12.4. The van der Waals surface area contributed by atoms with E-state index in [0.717, 1.165) is 40.4 Å². The summed E-state index contributed by atoms with van der Waals surface area (Å²) in [5.41, 5.74) is 1.19. The van der Waals surface area contributed by atoms with Gasteiger partial charge in [0.2, 0.25) is 5.91 Å². The van der Waals surface area contributed by atoms with Gasteiger partial charge in [-0.15, -0.1) is 11.8 Å². The monoisotopic (exact) mass is 389 g/mol. The van der Waals surface area contributed by atoms with Gasteiger partial charge < -0.3 is 5.32 Å². The minimum atomic E-state index is -0.906. The molecule has 1 aromatic rings. The second kappa shape index (κ2) is 8.56. The van der Waals surface area contributed by atoms with Gasteiger partial charge >= 0.3 is 17.8 Å². The molecular weight excluding hydrogens is 366 g/mol. The highest BCUT2D eigenvalue weighted by molar-refractivity contribution is 7.99. The lowest BCUT2D eigenvalue weighted by atomic mass is 10.2. The van der Waals surface area contributed by atoms with Gasteiger partial charge in [0.25, 0.3) is 0 Å². The quantitative estimate of drug-likeness (QED) is 0.333. The van der Waals surface area contributed by atoms with Crippen molar-refractivity contribution >= 4 is 35.5 Å². The van der Waals surface area contributed by atoms with Crippen LogP contribution in [0.5, 0.6) is 0 Å². The molecule has 5 amide bonds. The van der Waals surface area contributed by atoms with Gasteiger partial charge in [-0.3, -0.25) is 19.3 Å². The zero-order valence-electron chi connectivity index (χ0n) is 15.3. The van der Waals surface area contributed by atoms with Crippen LogP contribution in [0.2, 0.25) is 0 Å². The Morgan fingerprint density at radius 3 is 2.44 bits per heavy atom. The zero-order valence-corrected chi connectivity index (χ0v) is 16.1. The van der Waals surface area contributed by atoms with E-state index in [-0.39, 0.29) is 6.04 Å². The van der Waals surface area contributed by atoms with E-state index in [2.05, 4.69) is 5.32 Å². The summed E-state index contributed by atoms with van der Waals surface area (Å²) in [5.74, 6) is -1.49. The lowest BCUT2D eigenvalue weighted by Crippen LogP contribution is -2.43. The van der Waals surface area contributed by atoms with Crippen LogP contribution in [0.4, 0.5) is 4.79 Å². The SMILES string of the molecule is Cc1ccc(SCCNC(=O)CN2C(=O)C(=O)N(C3CCCC3)C2=O)cc1. The van der Waals surface area contributed by atoms with Crippen LogP contribution < -0.4 is 5.32 Å². The van der Waals surface area contributed by atoms with Crippen molar-refractivity contribution in [1.82, 2.24) is 15.1 Å². The van der Waals surface area contributed by atoms with Crippen LogP contribution in [0.15, 0.2) is 29.2 Å². The number of amides is 5. The topological polar surface area (TPSA) is 86.8 Å². The summed E-state index contributed by atoms with van der Waals surface area (Å²) in [7, 11) is 0. The van der Waals surface area contributed by atoms with E-state index < -0.39 is 30.3 Å². The maximum atomic E-state index is 12.4. The number of carbonyl (C=O) groups is 4. The molecule has 144 valence electrons. The van der Waals surface area contributed by atoms with E-state index in [4.69, 9.17) is 0 Å². The van der Waals surface area contributed by atoms with Crippen LogP contribution in [0.25, 0.3) is 0 Å². The lowest BCUT2D eigenvalue weighted by Gasteiger charge is -2.20. The van der Waals surface area contributed by atoms with Crippen molar-refractivity contribution < 1.29 is 19.2 Å². The zero-order chi connectivity index (χ0) is 19.4. The fourth-order valence-corrected chi connectivity index (χ4v) is 4.11. The number of rotatable bonds is 7. The number of hydrogen-bond donors (Lipinski definition) is 1. The fraction of sp³-hybridized carbons (Fsp3) is 0.474. The summed E-state index contributed by atoms with van der Waals surface area (Å²) in [6.45, 7) is 2.02. The molecule has 2 aliphatic rings. The van der Waals surface area contributed by atoms with E-state index in [1.807, 2.05) is 31.2 Å². The molecule has 1 saturated heterocycles. The number of nitrogens with zero attached hydrogens (tertiary/aromatic N) is 2. The Morgan fingerprint density at radius 1 is 1.11 bits per heavy atom. The maximum Gasteiger partial charge on any atom is 0.334 e. The average Bonchev–Trinajstić information content (AvgIpc) is 3.24. The number of carbonyl (C=O) groups excluding carboxylic acids is 4. The highest BCUT2D eigenvalue weighted by Crippen LogP contribution is 2.27. The molecule has 0 bridgehead atoms. The summed E-state index contributed by atoms with van der Waals surface area (Å²) in [6.07, 6.45) is 3.33. The van der Waals surface area contributed by atoms with Gasteiger partial charge in [0, 0.05) is 23.2 Å². The summed E-state index contributed by atoms with van der Waals surface area (Å²) in [5, 5.41) is 2.70. The third kappa shape index (κ3) is 4.50. The molecule has 0 unspecified atom stereocenters. The first kappa shape index (κ1) is 19.4. The van der Waals surface area contributed by atoms with Gasteiger partial charge in [0.1, 0.15) is 6.54 Å². The van der Waals surface area contributed by atoms with Crippen molar-refractivity contribution in [1.29, 1.82) is 0 Å². The minimum absolute atomic E-state index is 0.215. The molecule has 0 spiro atoms. The van der Waals surface area contributed by atoms with E-state index in [9.17, 15) is 19.2 Å². The first-order valence-corrected chi connectivity index (χ1v) is 10.1. The molecule has 7 nitrogen and oxygen atoms in total. The molecule has 1 aliphatic heterocycles. The molecule has 1 aromatic carbocycles. The Bertz CT molecular complexity index is 744. The number of hydrogen-bond acceptors (Lipinski definition) is 5. The Labute approximate surface area is 162 Å². The molecule has 8 heteroatoms. The number of aryl methyl sites for hydroxylation is 1. The van der Waals surface area contributed by atoms with Crippen LogP contribution in [0.1, 0.15) is 31.2 Å². The summed E-state index contributed by atoms with van der Waals surface area (Å²) in [6, 6.07) is 7.21. The molecule has 0 radical (unpaired) electrons. The molecule has 0 atom stereocenters. The highest BCUT2D eigenvalue weighted by atomic mass is 32.2. The van der Waals surface area contributed by atoms with E-state index in [1.165, 1.54) is 5.56 Å². The summed E-state index contributed by atoms with van der Waals surface area (Å²) < 4.78 is 0. The molecule has 1 aliphatic carbocycles. The molecule has 27 heavy (non-hydrogen) atoms. The van der Waals surface area contributed by atoms with Crippen molar-refractivity contribution in [2.45, 2.75) is 43.5 Å². The van der Waals surface area contributed by atoms with Crippen LogP contribution in [-0.2, 0) is 14.4 Å². The molecule has 3 rings (SSSR count). The second-order valence-corrected chi connectivity index (χ2v) is 7.97. The molecule has 1 heterocycles. The predicted octanol–water partition coefficient (Wildman–Crippen LogP) is 1.94. The number of imide groups is 2. The third-order valence-electron chi connectivity index (χ3n) is 4.79. The van der Waals surface area contributed by atoms with Gasteiger partial charge in [-0.1, -0.05) is 30.5 Å². The van der Waals surface area contributed by atoms with Crippen molar-refractivity contribution in [3.8, 4) is 0 Å². The number of thioether (sulfide) groups is 1. The number of benzene rings is 1. The number of urea groups is 1. The van der Waals surface area contributed by atoms with E-state index >= 15 is 0 Å². The van der Waals surface area contributed by atoms with Crippen LogP contribution >= 0.6 is 11.8 Å². The average molecular weight is 389 g/mol. The molecular formula is C19H23N3O4S. The van der Waals surface area contributed by atoms with E-state index in [0.29, 0.717) is 12.3 Å². The van der Waals surface area contributed by atoms with Crippen molar-refractivity contribution in [3.63, 3.8) is 0 Å². The van der Waals surface area contributed by atoms with Crippen LogP contribution in [-0.4, -0.2) is 58.4 Å². The Balaban J connectivity index is 1.45. The predicted molar refractivity (Wildman–Crippen MR) is 101 cm³/mol. The van der Waals surface area contributed by atoms with Crippen LogP contribution in [0.3, 0.4) is 0 Å². The Morgan fingerprint density at radius 2 is 1.78 bits per heavy atom. The van der Waals surface area contributed by atoms with Crippen molar-refractivity contribution in [3.05, 3.63) is 29.8 Å². The molecule has 1 N–H and O–H groups in total.